The SMILES string of the molecule is C=C(C)C(=O)OCC(=O)OCC(=O)OC1(c2ccc(F)cc2)CCCCC1.C=C(C)C(=O)OCC(=O)OCC(=O)OC1(c2ccc(O)cc2)CCCCC1.C=C(C)C(=O)OCC(=O)OCC(=O)OC1(c2ccco2)CCCCC1. The molecule has 3 aliphatic rings. The van der Waals surface area contributed by atoms with Gasteiger partial charge in [-0.3, -0.25) is 0 Å². The normalized spacial score (nSPS) is 15.6. The van der Waals surface area contributed by atoms with E-state index in [1.165, 1.54) is 39.2 Å². The maximum absolute atomic E-state index is 13.2. The number of hydrogen-bond acceptors (Lipinski definition) is 20. The summed E-state index contributed by atoms with van der Waals surface area (Å²) < 4.78 is 64.0. The van der Waals surface area contributed by atoms with Gasteiger partial charge in [0.1, 0.15) is 28.5 Å². The summed E-state index contributed by atoms with van der Waals surface area (Å²) in [6.07, 6.45) is 14.0. The molecule has 3 aliphatic carbocycles. The highest BCUT2D eigenvalue weighted by Gasteiger charge is 2.42. The lowest BCUT2D eigenvalue weighted by atomic mass is 9.79. The number of furan rings is 1. The summed E-state index contributed by atoms with van der Waals surface area (Å²) in [5.41, 5.74) is -0.434. The second-order valence-corrected chi connectivity index (χ2v) is 19.2. The van der Waals surface area contributed by atoms with Gasteiger partial charge in [-0.25, -0.2) is 47.5 Å². The van der Waals surface area contributed by atoms with Crippen molar-refractivity contribution in [3.8, 4) is 5.75 Å². The Morgan fingerprint density at radius 1 is 0.443 bits per heavy atom. The number of ether oxygens (including phenoxy) is 9. The molecule has 6 rings (SSSR count). The number of rotatable bonds is 21. The molecule has 79 heavy (non-hydrogen) atoms. The lowest BCUT2D eigenvalue weighted by molar-refractivity contribution is -0.178. The van der Waals surface area contributed by atoms with Crippen LogP contribution in [0.2, 0.25) is 0 Å². The number of hydrogen-bond donors (Lipinski definition) is 1. The number of phenols is 1. The van der Waals surface area contributed by atoms with Crippen molar-refractivity contribution in [3.63, 3.8) is 0 Å². The van der Waals surface area contributed by atoms with Gasteiger partial charge in [-0.1, -0.05) is 63.3 Å². The maximum atomic E-state index is 13.2. The molecule has 3 saturated carbocycles. The van der Waals surface area contributed by atoms with Gasteiger partial charge in [0.15, 0.2) is 45.2 Å². The van der Waals surface area contributed by atoms with Crippen molar-refractivity contribution in [2.75, 3.05) is 39.6 Å². The topological polar surface area (TPSA) is 270 Å². The van der Waals surface area contributed by atoms with E-state index in [0.717, 1.165) is 68.9 Å². The number of carbonyl (C=O) groups is 9. The second-order valence-electron chi connectivity index (χ2n) is 19.2. The third kappa shape index (κ3) is 21.0. The molecule has 3 aromatic rings. The van der Waals surface area contributed by atoms with Gasteiger partial charge in [0.05, 0.1) is 6.26 Å². The monoisotopic (exact) mass is 1100 g/mol. The van der Waals surface area contributed by atoms with Crippen molar-refractivity contribution in [3.05, 3.63) is 126 Å². The first-order valence-electron chi connectivity index (χ1n) is 25.8. The molecule has 0 unspecified atom stereocenters. The summed E-state index contributed by atoms with van der Waals surface area (Å²) in [5.74, 6) is -6.34. The predicted molar refractivity (Wildman–Crippen MR) is 276 cm³/mol. The van der Waals surface area contributed by atoms with E-state index >= 15 is 0 Å². The number of phenolic OH excluding ortho intramolecular Hbond substituents is 1. The summed E-state index contributed by atoms with van der Waals surface area (Å²) in [6, 6.07) is 16.0. The lowest BCUT2D eigenvalue weighted by Gasteiger charge is -2.37. The first kappa shape index (κ1) is 63.4. The molecule has 0 saturated heterocycles. The Balaban J connectivity index is 0.000000256. The van der Waals surface area contributed by atoms with Crippen LogP contribution in [0.1, 0.15) is 134 Å². The molecule has 0 aliphatic heterocycles. The Labute approximate surface area is 457 Å². The van der Waals surface area contributed by atoms with Crippen LogP contribution in [0.15, 0.2) is 108 Å². The van der Waals surface area contributed by atoms with E-state index in [4.69, 9.17) is 32.8 Å². The average Bonchev–Trinajstić information content (AvgIpc) is 4.03. The van der Waals surface area contributed by atoms with E-state index in [9.17, 15) is 52.6 Å². The van der Waals surface area contributed by atoms with Crippen molar-refractivity contribution in [1.29, 1.82) is 0 Å². The molecule has 1 aromatic heterocycles. The van der Waals surface area contributed by atoms with E-state index in [-0.39, 0.29) is 28.3 Å². The highest BCUT2D eigenvalue weighted by molar-refractivity contribution is 5.90. The van der Waals surface area contributed by atoms with Crippen LogP contribution in [-0.2, 0) is 103 Å². The number of halogens is 1. The van der Waals surface area contributed by atoms with Crippen LogP contribution in [0.25, 0.3) is 0 Å². The fourth-order valence-corrected chi connectivity index (χ4v) is 8.75. The fraction of sp³-hybridized carbons (Fsp3) is 0.466. The molecule has 0 amide bonds. The molecule has 428 valence electrons. The molecule has 1 N–H and O–H groups in total. The van der Waals surface area contributed by atoms with E-state index in [2.05, 4.69) is 33.9 Å². The standard InChI is InChI=1S/C20H23FO6.C20H24O7.C18H22O7/c2*1-14(2)19(24)26-12-17(22)25-13-18(23)27-20(10-4-3-5-11-20)15-6-8-16(21)9-7-15;1-13(2)17(21)24-11-15(19)23-12-16(20)25-18(8-4-3-5-9-18)14-7-6-10-22-14/h6-9H,1,3-5,10-13H2,2H3;6-9,21H,1,3-5,10-13H2,2H3;6-7,10H,1,3-5,8-9,11-12H2,2H3. The van der Waals surface area contributed by atoms with Gasteiger partial charge < -0.3 is 52.2 Å². The van der Waals surface area contributed by atoms with Crippen LogP contribution < -0.4 is 0 Å². The van der Waals surface area contributed by atoms with E-state index in [0.29, 0.717) is 44.3 Å². The van der Waals surface area contributed by atoms with Crippen LogP contribution in [0.3, 0.4) is 0 Å². The van der Waals surface area contributed by atoms with Crippen LogP contribution in [0, 0.1) is 5.82 Å². The van der Waals surface area contributed by atoms with Crippen LogP contribution in [0.5, 0.6) is 5.75 Å². The molecule has 0 atom stereocenters. The average molecular weight is 1110 g/mol. The number of benzene rings is 2. The first-order valence-corrected chi connectivity index (χ1v) is 25.8. The van der Waals surface area contributed by atoms with Crippen LogP contribution in [-0.4, -0.2) is 98.5 Å². The zero-order valence-electron chi connectivity index (χ0n) is 44.9. The predicted octanol–water partition coefficient (Wildman–Crippen LogP) is 8.59. The maximum Gasteiger partial charge on any atom is 0.345 e. The molecular weight excluding hydrogens is 1040 g/mol. The minimum absolute atomic E-state index is 0.134. The van der Waals surface area contributed by atoms with Crippen molar-refractivity contribution in [2.24, 2.45) is 0 Å². The molecule has 0 bridgehead atoms. The summed E-state index contributed by atoms with van der Waals surface area (Å²) in [6.45, 7) is 11.1. The molecule has 21 heteroatoms. The Morgan fingerprint density at radius 2 is 0.747 bits per heavy atom. The summed E-state index contributed by atoms with van der Waals surface area (Å²) in [7, 11) is 0. The summed E-state index contributed by atoms with van der Waals surface area (Å²) >= 11 is 0. The van der Waals surface area contributed by atoms with Gasteiger partial charge >= 0.3 is 53.7 Å². The fourth-order valence-electron chi connectivity index (χ4n) is 8.75. The minimum atomic E-state index is -0.860. The third-order valence-electron chi connectivity index (χ3n) is 12.7. The van der Waals surface area contributed by atoms with Crippen LogP contribution in [0.4, 0.5) is 4.39 Å². The zero-order chi connectivity index (χ0) is 58.0. The zero-order valence-corrected chi connectivity index (χ0v) is 44.9. The molecule has 0 spiro atoms. The Bertz CT molecular complexity index is 2470. The number of aromatic hydroxyl groups is 1. The van der Waals surface area contributed by atoms with Gasteiger partial charge in [0.2, 0.25) is 0 Å². The van der Waals surface area contributed by atoms with Gasteiger partial charge in [0, 0.05) is 16.7 Å². The molecule has 20 nitrogen and oxygen atoms in total. The lowest BCUT2D eigenvalue weighted by Crippen LogP contribution is -2.36. The Kier molecular flexibility index (Phi) is 25.2. The van der Waals surface area contributed by atoms with Gasteiger partial charge in [-0.15, -0.1) is 0 Å². The van der Waals surface area contributed by atoms with Crippen molar-refractivity contribution in [1.82, 2.24) is 0 Å². The smallest absolute Gasteiger partial charge is 0.345 e. The van der Waals surface area contributed by atoms with E-state index in [1.54, 1.807) is 48.5 Å². The largest absolute Gasteiger partial charge is 0.508 e. The van der Waals surface area contributed by atoms with Crippen molar-refractivity contribution < 1.29 is 99.7 Å². The van der Waals surface area contributed by atoms with Gasteiger partial charge in [0.25, 0.3) is 0 Å². The Morgan fingerprint density at radius 3 is 1.06 bits per heavy atom. The number of esters is 9. The summed E-state index contributed by atoms with van der Waals surface area (Å²) in [5, 5.41) is 9.48. The van der Waals surface area contributed by atoms with Crippen molar-refractivity contribution >= 4 is 53.7 Å². The molecule has 1 heterocycles. The first-order chi connectivity index (χ1) is 37.6. The quantitative estimate of drug-likeness (QED) is 0.0594. The minimum Gasteiger partial charge on any atom is -0.508 e. The summed E-state index contributed by atoms with van der Waals surface area (Å²) in [4.78, 5) is 105. The number of carbonyl (C=O) groups excluding carboxylic acids is 9. The van der Waals surface area contributed by atoms with Gasteiger partial charge in [-0.05, 0) is 145 Å². The Hall–Kier alpha value is -8.10. The third-order valence-corrected chi connectivity index (χ3v) is 12.7. The van der Waals surface area contributed by atoms with Gasteiger partial charge in [-0.2, -0.15) is 0 Å². The van der Waals surface area contributed by atoms with Crippen molar-refractivity contribution in [2.45, 2.75) is 134 Å². The van der Waals surface area contributed by atoms with E-state index < -0.39 is 110 Å². The molecule has 2 aromatic carbocycles. The van der Waals surface area contributed by atoms with E-state index in [1.807, 2.05) is 0 Å². The molecule has 3 fully saturated rings. The second kappa shape index (κ2) is 31.3. The molecular formula is C58H69FO20. The highest BCUT2D eigenvalue weighted by atomic mass is 19.1. The van der Waals surface area contributed by atoms with Crippen LogP contribution >= 0.6 is 0 Å². The molecule has 0 radical (unpaired) electrons. The highest BCUT2D eigenvalue weighted by Crippen LogP contribution is 2.43.